The van der Waals surface area contributed by atoms with Crippen LogP contribution in [0.25, 0.3) is 0 Å². The molecule has 0 aromatic heterocycles. The van der Waals surface area contributed by atoms with Crippen molar-refractivity contribution in [1.82, 2.24) is 10.3 Å². The number of hydrogen-bond acceptors (Lipinski definition) is 4. The van der Waals surface area contributed by atoms with Crippen LogP contribution in [0.5, 0.6) is 0 Å². The van der Waals surface area contributed by atoms with Gasteiger partial charge in [-0.15, -0.1) is 0 Å². The van der Waals surface area contributed by atoms with E-state index in [1.54, 1.807) is 7.11 Å². The Hall–Kier alpha value is -0.460. The average molecular weight is 260 g/mol. The van der Waals surface area contributed by atoms with Crippen LogP contribution in [0.3, 0.4) is 0 Å². The molecule has 1 saturated heterocycles. The molecule has 5 nitrogen and oxygen atoms in total. The third kappa shape index (κ3) is 4.73. The molecule has 3 N–H and O–H groups in total. The van der Waals surface area contributed by atoms with Gasteiger partial charge in [-0.05, 0) is 20.8 Å². The van der Waals surface area contributed by atoms with Crippen LogP contribution in [0.4, 0.5) is 0 Å². The average Bonchev–Trinajstić information content (AvgIpc) is 2.25. The smallest absolute Gasteiger partial charge is 0.208 e. The Morgan fingerprint density at radius 2 is 2.35 bits per heavy atom. The minimum absolute atomic E-state index is 0.115. The predicted molar refractivity (Wildman–Crippen MR) is 74.2 cm³/mol. The van der Waals surface area contributed by atoms with Gasteiger partial charge >= 0.3 is 0 Å². The second kappa shape index (κ2) is 6.47. The lowest BCUT2D eigenvalue weighted by molar-refractivity contribution is 0.185. The lowest BCUT2D eigenvalue weighted by atomic mass is 10.2. The zero-order chi connectivity index (χ0) is 12.9. The molecule has 0 bridgehead atoms. The number of guanidine groups is 1. The zero-order valence-corrected chi connectivity index (χ0v) is 12.0. The molecule has 0 amide bonds. The van der Waals surface area contributed by atoms with Crippen molar-refractivity contribution in [1.29, 1.82) is 0 Å². The molecule has 1 unspecified atom stereocenters. The first-order valence-electron chi connectivity index (χ1n) is 5.91. The fourth-order valence-electron chi connectivity index (χ4n) is 1.89. The van der Waals surface area contributed by atoms with Gasteiger partial charge in [0.25, 0.3) is 0 Å². The van der Waals surface area contributed by atoms with Gasteiger partial charge in [-0.3, -0.25) is 5.43 Å². The minimum Gasteiger partial charge on any atom is -0.382 e. The van der Waals surface area contributed by atoms with Crippen molar-refractivity contribution in [2.45, 2.75) is 31.6 Å². The number of hydrogen-bond donors (Lipinski definition) is 2. The molecule has 1 heterocycles. The summed E-state index contributed by atoms with van der Waals surface area (Å²) in [6.07, 6.45) is 0. The van der Waals surface area contributed by atoms with Crippen molar-refractivity contribution in [2.75, 3.05) is 32.6 Å². The van der Waals surface area contributed by atoms with E-state index in [4.69, 9.17) is 10.6 Å². The highest BCUT2D eigenvalue weighted by atomic mass is 32.2. The molecule has 0 spiro atoms. The Kier molecular flexibility index (Phi) is 5.55. The summed E-state index contributed by atoms with van der Waals surface area (Å²) in [5.74, 6) is 7.44. The number of methoxy groups -OCH3 is 1. The van der Waals surface area contributed by atoms with E-state index in [9.17, 15) is 0 Å². The fourth-order valence-corrected chi connectivity index (χ4v) is 3.01. The van der Waals surface area contributed by atoms with Crippen LogP contribution in [0.1, 0.15) is 20.8 Å². The summed E-state index contributed by atoms with van der Waals surface area (Å²) in [5.41, 5.74) is 2.71. The molecule has 1 atom stereocenters. The minimum atomic E-state index is 0.115. The van der Waals surface area contributed by atoms with Gasteiger partial charge in [0.1, 0.15) is 0 Å². The van der Waals surface area contributed by atoms with Crippen molar-refractivity contribution in [3.63, 3.8) is 0 Å². The third-order valence-electron chi connectivity index (χ3n) is 2.60. The predicted octanol–water partition coefficient (Wildman–Crippen LogP) is 0.668. The molecule has 0 radical (unpaired) electrons. The summed E-state index contributed by atoms with van der Waals surface area (Å²) in [7, 11) is 1.68. The van der Waals surface area contributed by atoms with E-state index in [0.29, 0.717) is 6.61 Å². The summed E-state index contributed by atoms with van der Waals surface area (Å²) >= 11 is 1.99. The Labute approximate surface area is 108 Å². The van der Waals surface area contributed by atoms with Gasteiger partial charge in [0.15, 0.2) is 0 Å². The van der Waals surface area contributed by atoms with Gasteiger partial charge in [0.05, 0.1) is 12.6 Å². The Bertz CT molecular complexity index is 270. The molecular weight excluding hydrogens is 236 g/mol. The Balaban J connectivity index is 2.66. The number of aliphatic imine (C=N–C) groups is 1. The maximum Gasteiger partial charge on any atom is 0.208 e. The van der Waals surface area contributed by atoms with Crippen LogP contribution in [0.15, 0.2) is 4.99 Å². The van der Waals surface area contributed by atoms with Crippen molar-refractivity contribution in [3.8, 4) is 0 Å². The highest BCUT2D eigenvalue weighted by molar-refractivity contribution is 8.00. The summed E-state index contributed by atoms with van der Waals surface area (Å²) in [6.45, 7) is 9.06. The number of ether oxygens (including phenoxy) is 1. The zero-order valence-electron chi connectivity index (χ0n) is 11.2. The quantitative estimate of drug-likeness (QED) is 0.338. The molecule has 100 valence electrons. The van der Waals surface area contributed by atoms with Crippen LogP contribution < -0.4 is 11.3 Å². The Morgan fingerprint density at radius 3 is 2.88 bits per heavy atom. The molecule has 1 rings (SSSR count). The van der Waals surface area contributed by atoms with Gasteiger partial charge in [-0.25, -0.2) is 10.8 Å². The van der Waals surface area contributed by atoms with E-state index >= 15 is 0 Å². The van der Waals surface area contributed by atoms with Crippen LogP contribution in [0.2, 0.25) is 0 Å². The van der Waals surface area contributed by atoms with Gasteiger partial charge < -0.3 is 9.64 Å². The topological polar surface area (TPSA) is 62.9 Å². The lowest BCUT2D eigenvalue weighted by Gasteiger charge is -2.39. The molecule has 1 aliphatic heterocycles. The SMILES string of the molecule is COCC(C)N=C(NN)N1CCSC(C)(C)C1. The van der Waals surface area contributed by atoms with E-state index in [0.717, 1.165) is 24.8 Å². The molecule has 0 saturated carbocycles. The first kappa shape index (κ1) is 14.6. The van der Waals surface area contributed by atoms with Crippen LogP contribution in [-0.4, -0.2) is 54.2 Å². The second-order valence-electron chi connectivity index (χ2n) is 4.93. The fraction of sp³-hybridized carbons (Fsp3) is 0.909. The number of rotatable bonds is 3. The van der Waals surface area contributed by atoms with Crippen molar-refractivity contribution in [3.05, 3.63) is 0 Å². The van der Waals surface area contributed by atoms with E-state index in [1.165, 1.54) is 0 Å². The van der Waals surface area contributed by atoms with Gasteiger partial charge in [0.2, 0.25) is 5.96 Å². The molecule has 0 aliphatic carbocycles. The number of thioether (sulfide) groups is 1. The third-order valence-corrected chi connectivity index (χ3v) is 3.90. The second-order valence-corrected chi connectivity index (χ2v) is 6.73. The van der Waals surface area contributed by atoms with Crippen LogP contribution >= 0.6 is 11.8 Å². The van der Waals surface area contributed by atoms with E-state index in [-0.39, 0.29) is 10.8 Å². The first-order chi connectivity index (χ1) is 7.98. The summed E-state index contributed by atoms with van der Waals surface area (Å²) in [5, 5.41) is 0. The monoisotopic (exact) mass is 260 g/mol. The summed E-state index contributed by atoms with van der Waals surface area (Å²) in [4.78, 5) is 6.76. The molecular formula is C11H24N4OS. The molecule has 0 aromatic carbocycles. The van der Waals surface area contributed by atoms with Gasteiger partial charge in [0, 0.05) is 30.7 Å². The molecule has 6 heteroatoms. The normalized spacial score (nSPS) is 22.4. The number of nitrogens with one attached hydrogen (secondary N) is 1. The first-order valence-corrected chi connectivity index (χ1v) is 6.89. The standard InChI is InChI=1S/C11H24N4OS/c1-9(7-16-4)13-10(14-12)15-5-6-17-11(2,3)8-15/h9H,5-8,12H2,1-4H3,(H,13,14). The van der Waals surface area contributed by atoms with Gasteiger partial charge in [-0.1, -0.05) is 0 Å². The number of hydrazine groups is 1. The number of nitrogens with zero attached hydrogens (tertiary/aromatic N) is 2. The van der Waals surface area contributed by atoms with Crippen LogP contribution in [0, 0.1) is 0 Å². The van der Waals surface area contributed by atoms with Crippen LogP contribution in [-0.2, 0) is 4.74 Å². The number of nitrogens with two attached hydrogens (primary N) is 1. The maximum absolute atomic E-state index is 5.57. The van der Waals surface area contributed by atoms with E-state index in [2.05, 4.69) is 29.2 Å². The highest BCUT2D eigenvalue weighted by Gasteiger charge is 2.28. The van der Waals surface area contributed by atoms with Crippen molar-refractivity contribution in [2.24, 2.45) is 10.8 Å². The van der Waals surface area contributed by atoms with E-state index in [1.807, 2.05) is 18.7 Å². The lowest BCUT2D eigenvalue weighted by Crippen LogP contribution is -2.53. The summed E-state index contributed by atoms with van der Waals surface area (Å²) in [6, 6.07) is 0.115. The molecule has 17 heavy (non-hydrogen) atoms. The van der Waals surface area contributed by atoms with E-state index < -0.39 is 0 Å². The highest BCUT2D eigenvalue weighted by Crippen LogP contribution is 2.29. The van der Waals surface area contributed by atoms with Crippen molar-refractivity contribution >= 4 is 17.7 Å². The summed E-state index contributed by atoms with van der Waals surface area (Å²) < 4.78 is 5.33. The van der Waals surface area contributed by atoms with Gasteiger partial charge in [-0.2, -0.15) is 11.8 Å². The molecule has 0 aromatic rings. The van der Waals surface area contributed by atoms with Crippen molar-refractivity contribution < 1.29 is 4.74 Å². The molecule has 1 aliphatic rings. The maximum atomic E-state index is 5.57. The largest absolute Gasteiger partial charge is 0.382 e. The Morgan fingerprint density at radius 1 is 1.65 bits per heavy atom. The molecule has 1 fully saturated rings.